The van der Waals surface area contributed by atoms with E-state index in [4.69, 9.17) is 9.47 Å². The SMILES string of the molecule is CO[C@@H]1C(=O)CCC[C@H]1OC. The molecule has 2 atom stereocenters. The summed E-state index contributed by atoms with van der Waals surface area (Å²) in [5.41, 5.74) is 0. The number of rotatable bonds is 2. The van der Waals surface area contributed by atoms with Gasteiger partial charge >= 0.3 is 0 Å². The highest BCUT2D eigenvalue weighted by Gasteiger charge is 2.31. The minimum absolute atomic E-state index is 0.0266. The fourth-order valence-corrected chi connectivity index (χ4v) is 1.50. The van der Waals surface area contributed by atoms with Gasteiger partial charge in [0.15, 0.2) is 5.78 Å². The summed E-state index contributed by atoms with van der Waals surface area (Å²) in [4.78, 5) is 11.2. The molecular formula is C8H14O3. The molecule has 11 heavy (non-hydrogen) atoms. The van der Waals surface area contributed by atoms with E-state index >= 15 is 0 Å². The predicted octanol–water partition coefficient (Wildman–Crippen LogP) is 0.769. The summed E-state index contributed by atoms with van der Waals surface area (Å²) in [6, 6.07) is 0. The van der Waals surface area contributed by atoms with Crippen LogP contribution in [0.4, 0.5) is 0 Å². The van der Waals surface area contributed by atoms with Crippen LogP contribution in [0.15, 0.2) is 0 Å². The number of hydrogen-bond acceptors (Lipinski definition) is 3. The normalized spacial score (nSPS) is 32.4. The first-order valence-electron chi connectivity index (χ1n) is 3.88. The maximum absolute atomic E-state index is 11.2. The Balaban J connectivity index is 2.56. The average molecular weight is 158 g/mol. The summed E-state index contributed by atoms with van der Waals surface area (Å²) in [6.45, 7) is 0. The van der Waals surface area contributed by atoms with E-state index in [-0.39, 0.29) is 18.0 Å². The third kappa shape index (κ3) is 1.79. The molecule has 0 bridgehead atoms. The highest BCUT2D eigenvalue weighted by atomic mass is 16.5. The van der Waals surface area contributed by atoms with Crippen LogP contribution in [0.5, 0.6) is 0 Å². The van der Waals surface area contributed by atoms with Gasteiger partial charge in [0.2, 0.25) is 0 Å². The molecule has 1 rings (SSSR count). The zero-order valence-electron chi connectivity index (χ0n) is 7.00. The van der Waals surface area contributed by atoms with Crippen molar-refractivity contribution in [2.24, 2.45) is 0 Å². The van der Waals surface area contributed by atoms with Crippen LogP contribution in [0.1, 0.15) is 19.3 Å². The second-order valence-corrected chi connectivity index (χ2v) is 2.79. The molecule has 1 aliphatic rings. The molecule has 0 amide bonds. The minimum Gasteiger partial charge on any atom is -0.378 e. The van der Waals surface area contributed by atoms with Gasteiger partial charge in [0.1, 0.15) is 6.10 Å². The lowest BCUT2D eigenvalue weighted by atomic mass is 9.93. The Morgan fingerprint density at radius 1 is 1.36 bits per heavy atom. The number of Topliss-reactive ketones (excluding diaryl/α,β-unsaturated/α-hetero) is 1. The largest absolute Gasteiger partial charge is 0.378 e. The van der Waals surface area contributed by atoms with Gasteiger partial charge in [-0.2, -0.15) is 0 Å². The van der Waals surface area contributed by atoms with Crippen molar-refractivity contribution >= 4 is 5.78 Å². The van der Waals surface area contributed by atoms with Gasteiger partial charge in [-0.25, -0.2) is 0 Å². The Morgan fingerprint density at radius 3 is 2.55 bits per heavy atom. The minimum atomic E-state index is -0.325. The van der Waals surface area contributed by atoms with Crippen LogP contribution in [0.3, 0.4) is 0 Å². The average Bonchev–Trinajstić information content (AvgIpc) is 2.04. The number of ether oxygens (including phenoxy) is 2. The lowest BCUT2D eigenvalue weighted by Gasteiger charge is -2.27. The number of ketones is 1. The van der Waals surface area contributed by atoms with Crippen molar-refractivity contribution in [1.29, 1.82) is 0 Å². The fourth-order valence-electron chi connectivity index (χ4n) is 1.50. The highest BCUT2D eigenvalue weighted by molar-refractivity contribution is 5.84. The summed E-state index contributed by atoms with van der Waals surface area (Å²) < 4.78 is 10.2. The van der Waals surface area contributed by atoms with Gasteiger partial charge in [0.25, 0.3) is 0 Å². The van der Waals surface area contributed by atoms with Crippen LogP contribution in [0.25, 0.3) is 0 Å². The van der Waals surface area contributed by atoms with Gasteiger partial charge in [-0.15, -0.1) is 0 Å². The zero-order valence-corrected chi connectivity index (χ0v) is 7.00. The molecule has 0 saturated heterocycles. The first-order valence-corrected chi connectivity index (χ1v) is 3.88. The van der Waals surface area contributed by atoms with Gasteiger partial charge in [-0.3, -0.25) is 4.79 Å². The van der Waals surface area contributed by atoms with Crippen molar-refractivity contribution in [2.45, 2.75) is 31.5 Å². The standard InChI is InChI=1S/C8H14O3/c1-10-7-5-3-4-6(9)8(7)11-2/h7-8H,3-5H2,1-2H3/t7-,8-/m1/s1. The van der Waals surface area contributed by atoms with Gasteiger partial charge in [-0.05, 0) is 12.8 Å². The van der Waals surface area contributed by atoms with E-state index in [2.05, 4.69) is 0 Å². The Labute approximate surface area is 66.7 Å². The van der Waals surface area contributed by atoms with E-state index in [9.17, 15) is 4.79 Å². The number of hydrogen-bond donors (Lipinski definition) is 0. The Morgan fingerprint density at radius 2 is 2.09 bits per heavy atom. The van der Waals surface area contributed by atoms with Gasteiger partial charge in [0.05, 0.1) is 6.10 Å². The highest BCUT2D eigenvalue weighted by Crippen LogP contribution is 2.19. The molecule has 0 aromatic heterocycles. The molecule has 64 valence electrons. The van der Waals surface area contributed by atoms with Crippen molar-refractivity contribution < 1.29 is 14.3 Å². The summed E-state index contributed by atoms with van der Waals surface area (Å²) in [6.07, 6.45) is 2.14. The van der Waals surface area contributed by atoms with Crippen molar-refractivity contribution in [2.75, 3.05) is 14.2 Å². The van der Waals surface area contributed by atoms with E-state index < -0.39 is 0 Å². The molecule has 0 heterocycles. The van der Waals surface area contributed by atoms with Crippen molar-refractivity contribution in [3.8, 4) is 0 Å². The second-order valence-electron chi connectivity index (χ2n) is 2.79. The van der Waals surface area contributed by atoms with Crippen LogP contribution in [0, 0.1) is 0 Å². The third-order valence-electron chi connectivity index (χ3n) is 2.12. The van der Waals surface area contributed by atoms with Crippen LogP contribution >= 0.6 is 0 Å². The molecule has 1 saturated carbocycles. The van der Waals surface area contributed by atoms with Crippen LogP contribution < -0.4 is 0 Å². The Hall–Kier alpha value is -0.410. The molecule has 3 heteroatoms. The molecule has 0 N–H and O–H groups in total. The van der Waals surface area contributed by atoms with E-state index in [0.29, 0.717) is 6.42 Å². The molecule has 0 aliphatic heterocycles. The van der Waals surface area contributed by atoms with E-state index in [1.165, 1.54) is 0 Å². The summed E-state index contributed by atoms with van der Waals surface area (Å²) in [5, 5.41) is 0. The first-order chi connectivity index (χ1) is 5.29. The second kappa shape index (κ2) is 3.83. The molecular weight excluding hydrogens is 144 g/mol. The monoisotopic (exact) mass is 158 g/mol. The molecule has 1 fully saturated rings. The maximum atomic E-state index is 11.2. The van der Waals surface area contributed by atoms with E-state index in [1.54, 1.807) is 14.2 Å². The van der Waals surface area contributed by atoms with Crippen LogP contribution in [-0.4, -0.2) is 32.2 Å². The van der Waals surface area contributed by atoms with Crippen LogP contribution in [0.2, 0.25) is 0 Å². The zero-order chi connectivity index (χ0) is 8.27. The molecule has 0 radical (unpaired) electrons. The maximum Gasteiger partial charge on any atom is 0.164 e. The predicted molar refractivity (Wildman–Crippen MR) is 40.5 cm³/mol. The van der Waals surface area contributed by atoms with Crippen molar-refractivity contribution in [3.63, 3.8) is 0 Å². The number of carbonyl (C=O) groups excluding carboxylic acids is 1. The topological polar surface area (TPSA) is 35.5 Å². The molecule has 1 aliphatic carbocycles. The van der Waals surface area contributed by atoms with Gasteiger partial charge in [-0.1, -0.05) is 0 Å². The Bertz CT molecular complexity index is 144. The summed E-state index contributed by atoms with van der Waals surface area (Å²) >= 11 is 0. The molecule has 3 nitrogen and oxygen atoms in total. The molecule has 0 aromatic rings. The molecule has 0 aromatic carbocycles. The Kier molecular flexibility index (Phi) is 3.02. The first kappa shape index (κ1) is 8.68. The summed E-state index contributed by atoms with van der Waals surface area (Å²) in [5.74, 6) is 0.172. The quantitative estimate of drug-likeness (QED) is 0.595. The lowest BCUT2D eigenvalue weighted by molar-refractivity contribution is -0.142. The lowest BCUT2D eigenvalue weighted by Crippen LogP contribution is -2.40. The smallest absolute Gasteiger partial charge is 0.164 e. The third-order valence-corrected chi connectivity index (χ3v) is 2.12. The van der Waals surface area contributed by atoms with E-state index in [0.717, 1.165) is 12.8 Å². The number of methoxy groups -OCH3 is 2. The van der Waals surface area contributed by atoms with Gasteiger partial charge < -0.3 is 9.47 Å². The van der Waals surface area contributed by atoms with Gasteiger partial charge in [0, 0.05) is 20.6 Å². The fraction of sp³-hybridized carbons (Fsp3) is 0.875. The number of carbonyl (C=O) groups is 1. The van der Waals surface area contributed by atoms with Crippen molar-refractivity contribution in [1.82, 2.24) is 0 Å². The van der Waals surface area contributed by atoms with E-state index in [1.807, 2.05) is 0 Å². The van der Waals surface area contributed by atoms with Crippen LogP contribution in [-0.2, 0) is 14.3 Å². The summed E-state index contributed by atoms with van der Waals surface area (Å²) in [7, 11) is 3.18. The molecule has 0 unspecified atom stereocenters. The van der Waals surface area contributed by atoms with Crippen molar-refractivity contribution in [3.05, 3.63) is 0 Å². The molecule has 0 spiro atoms.